The van der Waals surface area contributed by atoms with Gasteiger partial charge in [0.05, 0.1) is 0 Å². The fraction of sp³-hybridized carbons (Fsp3) is 0.400. The van der Waals surface area contributed by atoms with Gasteiger partial charge >= 0.3 is 0 Å². The van der Waals surface area contributed by atoms with Gasteiger partial charge in [0.1, 0.15) is 11.5 Å². The van der Waals surface area contributed by atoms with E-state index in [-0.39, 0.29) is 0 Å². The molecule has 1 heterocycles. The van der Waals surface area contributed by atoms with Gasteiger partial charge in [0.2, 0.25) is 0 Å². The molecule has 110 valence electrons. The lowest BCUT2D eigenvalue weighted by atomic mass is 9.81. The van der Waals surface area contributed by atoms with Crippen LogP contribution in [0.15, 0.2) is 12.1 Å². The minimum atomic E-state index is 0.391. The highest BCUT2D eigenvalue weighted by atomic mass is 16.5. The van der Waals surface area contributed by atoms with Crippen LogP contribution in [0.5, 0.6) is 11.5 Å². The third-order valence-electron chi connectivity index (χ3n) is 5.43. The Bertz CT molecular complexity index is 690. The van der Waals surface area contributed by atoms with Crippen molar-refractivity contribution in [3.63, 3.8) is 0 Å². The molecular weight excluding hydrogens is 256 g/mol. The lowest BCUT2D eigenvalue weighted by Gasteiger charge is -2.31. The summed E-state index contributed by atoms with van der Waals surface area (Å²) in [6.07, 6.45) is 0. The van der Waals surface area contributed by atoms with E-state index < -0.39 is 0 Å². The van der Waals surface area contributed by atoms with Gasteiger partial charge in [-0.2, -0.15) is 0 Å². The predicted molar refractivity (Wildman–Crippen MR) is 88.9 cm³/mol. The maximum atomic E-state index is 6.28. The highest BCUT2D eigenvalue weighted by molar-refractivity contribution is 5.62. The van der Waals surface area contributed by atoms with Crippen molar-refractivity contribution < 1.29 is 4.74 Å². The molecule has 2 aromatic carbocycles. The molecule has 0 saturated heterocycles. The van der Waals surface area contributed by atoms with E-state index in [0.717, 1.165) is 11.5 Å². The molecule has 0 unspecified atom stereocenters. The Balaban J connectivity index is 2.30. The van der Waals surface area contributed by atoms with Gasteiger partial charge < -0.3 is 4.74 Å². The van der Waals surface area contributed by atoms with Crippen molar-refractivity contribution in [1.82, 2.24) is 0 Å². The molecule has 1 aliphatic heterocycles. The minimum Gasteiger partial charge on any atom is -0.457 e. The van der Waals surface area contributed by atoms with Gasteiger partial charge in [0, 0.05) is 17.0 Å². The van der Waals surface area contributed by atoms with Crippen molar-refractivity contribution in [2.24, 2.45) is 0 Å². The van der Waals surface area contributed by atoms with Crippen LogP contribution in [0.2, 0.25) is 0 Å². The summed E-state index contributed by atoms with van der Waals surface area (Å²) in [4.78, 5) is 0. The van der Waals surface area contributed by atoms with Crippen molar-refractivity contribution in [3.8, 4) is 11.5 Å². The Labute approximate surface area is 128 Å². The maximum absolute atomic E-state index is 6.28. The fourth-order valence-corrected chi connectivity index (χ4v) is 3.64. The highest BCUT2D eigenvalue weighted by Gasteiger charge is 2.29. The van der Waals surface area contributed by atoms with Crippen LogP contribution in [-0.4, -0.2) is 0 Å². The first-order chi connectivity index (χ1) is 9.82. The fourth-order valence-electron chi connectivity index (χ4n) is 3.64. The number of rotatable bonds is 0. The van der Waals surface area contributed by atoms with Gasteiger partial charge in [-0.15, -0.1) is 0 Å². The van der Waals surface area contributed by atoms with Crippen molar-refractivity contribution in [1.29, 1.82) is 0 Å². The molecule has 0 bridgehead atoms. The van der Waals surface area contributed by atoms with E-state index in [1.54, 1.807) is 0 Å². The molecule has 0 N–H and O–H groups in total. The SMILES string of the molecule is Cc1cc2c(c(C)c1C)C(C)c1c(cc(C)c(C)c1C)O2. The van der Waals surface area contributed by atoms with Gasteiger partial charge in [0.15, 0.2) is 0 Å². The third-order valence-corrected chi connectivity index (χ3v) is 5.43. The quantitative estimate of drug-likeness (QED) is 0.593. The standard InChI is InChI=1S/C20H24O/c1-10-8-17-19(14(5)12(10)3)16(7)20-15(6)13(4)11(2)9-18(20)21-17/h8-9,16H,1-7H3. The predicted octanol–water partition coefficient (Wildman–Crippen LogP) is 5.79. The Hall–Kier alpha value is -1.76. The second kappa shape index (κ2) is 4.62. The molecule has 1 nitrogen and oxygen atoms in total. The summed E-state index contributed by atoms with van der Waals surface area (Å²) >= 11 is 0. The Morgan fingerprint density at radius 1 is 0.667 bits per heavy atom. The molecule has 1 heteroatoms. The first-order valence-electron chi connectivity index (χ1n) is 7.72. The molecule has 0 saturated carbocycles. The lowest BCUT2D eigenvalue weighted by Crippen LogP contribution is -2.13. The first kappa shape index (κ1) is 14.2. The molecule has 0 aliphatic carbocycles. The van der Waals surface area contributed by atoms with Crippen molar-refractivity contribution in [2.45, 2.75) is 54.4 Å². The summed E-state index contributed by atoms with van der Waals surface area (Å²) in [5.74, 6) is 2.47. The van der Waals surface area contributed by atoms with Crippen LogP contribution in [0.3, 0.4) is 0 Å². The second-order valence-corrected chi connectivity index (χ2v) is 6.53. The Morgan fingerprint density at radius 2 is 1.05 bits per heavy atom. The smallest absolute Gasteiger partial charge is 0.131 e. The van der Waals surface area contributed by atoms with Crippen molar-refractivity contribution >= 4 is 0 Å². The minimum absolute atomic E-state index is 0.391. The van der Waals surface area contributed by atoms with E-state index in [9.17, 15) is 0 Å². The Morgan fingerprint density at radius 3 is 1.43 bits per heavy atom. The van der Waals surface area contributed by atoms with Gasteiger partial charge in [0.25, 0.3) is 0 Å². The highest BCUT2D eigenvalue weighted by Crippen LogP contribution is 2.48. The third kappa shape index (κ3) is 1.91. The van der Waals surface area contributed by atoms with Gasteiger partial charge in [-0.1, -0.05) is 6.92 Å². The molecule has 0 radical (unpaired) electrons. The van der Waals surface area contributed by atoms with Gasteiger partial charge in [-0.3, -0.25) is 0 Å². The number of ether oxygens (including phenoxy) is 1. The molecule has 21 heavy (non-hydrogen) atoms. The topological polar surface area (TPSA) is 9.23 Å². The average molecular weight is 280 g/mol. The summed E-state index contributed by atoms with van der Waals surface area (Å²) < 4.78 is 6.28. The van der Waals surface area contributed by atoms with Crippen LogP contribution in [0.4, 0.5) is 0 Å². The summed E-state index contributed by atoms with van der Waals surface area (Å²) in [5, 5.41) is 0. The zero-order valence-corrected chi connectivity index (χ0v) is 14.1. The maximum Gasteiger partial charge on any atom is 0.131 e. The molecule has 0 spiro atoms. The number of benzene rings is 2. The number of fused-ring (bicyclic) bond motifs is 2. The normalized spacial score (nSPS) is 13.7. The van der Waals surface area contributed by atoms with Crippen LogP contribution < -0.4 is 4.74 Å². The van der Waals surface area contributed by atoms with E-state index in [2.05, 4.69) is 60.6 Å². The second-order valence-electron chi connectivity index (χ2n) is 6.53. The van der Waals surface area contributed by atoms with E-state index in [4.69, 9.17) is 4.74 Å². The average Bonchev–Trinajstić information content (AvgIpc) is 2.42. The monoisotopic (exact) mass is 280 g/mol. The molecule has 0 aromatic heterocycles. The van der Waals surface area contributed by atoms with Crippen LogP contribution >= 0.6 is 0 Å². The summed E-state index contributed by atoms with van der Waals surface area (Å²) in [7, 11) is 0. The van der Waals surface area contributed by atoms with E-state index in [0.29, 0.717) is 5.92 Å². The number of hydrogen-bond acceptors (Lipinski definition) is 1. The molecular formula is C20H24O. The van der Waals surface area contributed by atoms with E-state index in [1.807, 2.05) is 0 Å². The molecule has 1 aliphatic rings. The largest absolute Gasteiger partial charge is 0.457 e. The molecule has 0 fully saturated rings. The summed E-state index contributed by atoms with van der Waals surface area (Å²) in [5.41, 5.74) is 10.9. The van der Waals surface area contributed by atoms with Crippen LogP contribution in [-0.2, 0) is 0 Å². The Kier molecular flexibility index (Phi) is 3.12. The molecule has 2 aromatic rings. The molecule has 0 atom stereocenters. The summed E-state index contributed by atoms with van der Waals surface area (Å²) in [6, 6.07) is 4.39. The summed E-state index contributed by atoms with van der Waals surface area (Å²) in [6.45, 7) is 15.5. The van der Waals surface area contributed by atoms with Crippen molar-refractivity contribution in [3.05, 3.63) is 56.6 Å². The first-order valence-corrected chi connectivity index (χ1v) is 7.72. The van der Waals surface area contributed by atoms with Crippen LogP contribution in [0.25, 0.3) is 0 Å². The van der Waals surface area contributed by atoms with E-state index in [1.165, 1.54) is 44.5 Å². The van der Waals surface area contributed by atoms with Gasteiger partial charge in [-0.05, 0) is 87.1 Å². The van der Waals surface area contributed by atoms with E-state index >= 15 is 0 Å². The van der Waals surface area contributed by atoms with Gasteiger partial charge in [-0.25, -0.2) is 0 Å². The van der Waals surface area contributed by atoms with Crippen LogP contribution in [0.1, 0.15) is 57.3 Å². The zero-order chi connectivity index (χ0) is 15.5. The number of hydrogen-bond donors (Lipinski definition) is 0. The lowest BCUT2D eigenvalue weighted by molar-refractivity contribution is 0.446. The number of aryl methyl sites for hydroxylation is 2. The molecule has 3 rings (SSSR count). The molecule has 0 amide bonds. The van der Waals surface area contributed by atoms with Crippen LogP contribution in [0, 0.1) is 41.5 Å². The van der Waals surface area contributed by atoms with Crippen molar-refractivity contribution in [2.75, 3.05) is 0 Å². The zero-order valence-electron chi connectivity index (χ0n) is 14.1.